The topological polar surface area (TPSA) is 82.2 Å². The van der Waals surface area contributed by atoms with Crippen molar-refractivity contribution in [1.29, 1.82) is 0 Å². The fourth-order valence-corrected chi connectivity index (χ4v) is 2.48. The molecule has 1 saturated heterocycles. The molecule has 1 aliphatic heterocycles. The van der Waals surface area contributed by atoms with Gasteiger partial charge in [-0.2, -0.15) is 5.10 Å². The number of thiocarbonyl (C=S) groups is 1. The van der Waals surface area contributed by atoms with Crippen LogP contribution in [0.4, 0.5) is 5.82 Å². The number of amides is 1. The number of ether oxygens (including phenoxy) is 1. The van der Waals surface area contributed by atoms with Crippen molar-refractivity contribution in [2.24, 2.45) is 18.7 Å². The van der Waals surface area contributed by atoms with Gasteiger partial charge in [0, 0.05) is 13.7 Å². The molecule has 1 amide bonds. The van der Waals surface area contributed by atoms with E-state index in [1.54, 1.807) is 17.9 Å². The summed E-state index contributed by atoms with van der Waals surface area (Å²) in [6, 6.07) is 0. The number of aryl methyl sites for hydroxylation is 1. The fourth-order valence-electron chi connectivity index (χ4n) is 2.33. The summed E-state index contributed by atoms with van der Waals surface area (Å²) in [7, 11) is 1.74. The van der Waals surface area contributed by atoms with Gasteiger partial charge in [-0.25, -0.2) is 0 Å². The first-order chi connectivity index (χ1) is 9.04. The van der Waals surface area contributed by atoms with Gasteiger partial charge in [-0.15, -0.1) is 0 Å². The van der Waals surface area contributed by atoms with Gasteiger partial charge in [0.15, 0.2) is 0 Å². The molecular formula is C12H18N4O2S. The van der Waals surface area contributed by atoms with Crippen molar-refractivity contribution >= 4 is 28.9 Å². The number of hydrogen-bond acceptors (Lipinski definition) is 4. The zero-order chi connectivity index (χ0) is 14.0. The molecule has 0 aliphatic carbocycles. The second kappa shape index (κ2) is 5.66. The Morgan fingerprint density at radius 2 is 2.47 bits per heavy atom. The van der Waals surface area contributed by atoms with Gasteiger partial charge in [0.1, 0.15) is 10.8 Å². The highest BCUT2D eigenvalue weighted by Crippen LogP contribution is 2.25. The molecule has 0 bridgehead atoms. The van der Waals surface area contributed by atoms with E-state index < -0.39 is 0 Å². The van der Waals surface area contributed by atoms with E-state index in [2.05, 4.69) is 10.4 Å². The largest absolute Gasteiger partial charge is 0.389 e. The number of hydrogen-bond donors (Lipinski definition) is 2. The molecule has 0 spiro atoms. The van der Waals surface area contributed by atoms with Gasteiger partial charge in [0.25, 0.3) is 0 Å². The molecule has 1 aromatic heterocycles. The Morgan fingerprint density at radius 1 is 1.74 bits per heavy atom. The molecule has 6 nitrogen and oxygen atoms in total. The molecule has 0 aromatic carbocycles. The summed E-state index contributed by atoms with van der Waals surface area (Å²) in [5.41, 5.74) is 6.19. The van der Waals surface area contributed by atoms with Gasteiger partial charge in [-0.3, -0.25) is 9.48 Å². The zero-order valence-electron chi connectivity index (χ0n) is 11.0. The first kappa shape index (κ1) is 14.0. The number of aromatic nitrogens is 2. The number of rotatable bonds is 4. The van der Waals surface area contributed by atoms with Crippen LogP contribution in [-0.2, 0) is 16.6 Å². The normalized spacial score (nSPS) is 22.4. The molecular weight excluding hydrogens is 264 g/mol. The Kier molecular flexibility index (Phi) is 4.16. The summed E-state index contributed by atoms with van der Waals surface area (Å²) < 4.78 is 7.09. The average molecular weight is 282 g/mol. The molecule has 3 N–H and O–H groups in total. The molecule has 2 atom stereocenters. The van der Waals surface area contributed by atoms with E-state index in [1.807, 2.05) is 6.92 Å². The molecule has 19 heavy (non-hydrogen) atoms. The molecule has 2 unspecified atom stereocenters. The van der Waals surface area contributed by atoms with Crippen molar-refractivity contribution in [2.45, 2.75) is 25.9 Å². The molecule has 104 valence electrons. The van der Waals surface area contributed by atoms with E-state index in [0.29, 0.717) is 18.0 Å². The molecule has 7 heteroatoms. The Morgan fingerprint density at radius 3 is 3.11 bits per heavy atom. The van der Waals surface area contributed by atoms with Crippen LogP contribution < -0.4 is 11.1 Å². The monoisotopic (exact) mass is 282 g/mol. The highest BCUT2D eigenvalue weighted by atomic mass is 32.1. The number of carbonyl (C=O) groups excluding carboxylic acids is 1. The molecule has 2 rings (SSSR count). The lowest BCUT2D eigenvalue weighted by molar-refractivity contribution is -0.121. The smallest absolute Gasteiger partial charge is 0.231 e. The first-order valence-corrected chi connectivity index (χ1v) is 6.69. The summed E-state index contributed by atoms with van der Waals surface area (Å²) in [5.74, 6) is 0.351. The van der Waals surface area contributed by atoms with E-state index in [1.165, 1.54) is 0 Å². The Hall–Kier alpha value is -1.47. The van der Waals surface area contributed by atoms with E-state index >= 15 is 0 Å². The Labute approximate surface area is 117 Å². The number of nitrogens with one attached hydrogen (secondary N) is 1. The number of carbonyl (C=O) groups is 1. The van der Waals surface area contributed by atoms with Crippen LogP contribution in [0.3, 0.4) is 0 Å². The Bertz CT molecular complexity index is 500. The predicted octanol–water partition coefficient (Wildman–Crippen LogP) is 0.808. The highest BCUT2D eigenvalue weighted by molar-refractivity contribution is 7.80. The third-order valence-corrected chi connectivity index (χ3v) is 3.61. The van der Waals surface area contributed by atoms with Crippen LogP contribution in [0, 0.1) is 5.92 Å². The van der Waals surface area contributed by atoms with Gasteiger partial charge in [0.2, 0.25) is 5.91 Å². The van der Waals surface area contributed by atoms with Crippen LogP contribution in [0.1, 0.15) is 25.3 Å². The van der Waals surface area contributed by atoms with Crippen LogP contribution >= 0.6 is 12.2 Å². The van der Waals surface area contributed by atoms with Gasteiger partial charge >= 0.3 is 0 Å². The van der Waals surface area contributed by atoms with Crippen LogP contribution in [0.2, 0.25) is 0 Å². The standard InChI is InChI=1S/C12H18N4O2S/c1-3-9-7(4-5-18-9)12(17)15-11-8(10(13)19)6-14-16(11)2/h6-7,9H,3-5H2,1-2H3,(H2,13,19)(H,15,17). The van der Waals surface area contributed by atoms with Gasteiger partial charge < -0.3 is 15.8 Å². The number of nitrogens with two attached hydrogens (primary N) is 1. The molecule has 1 aromatic rings. The molecule has 1 aliphatic rings. The van der Waals surface area contributed by atoms with Crippen LogP contribution in [0.25, 0.3) is 0 Å². The number of anilines is 1. The molecule has 0 saturated carbocycles. The van der Waals surface area contributed by atoms with Crippen LogP contribution in [0.15, 0.2) is 6.20 Å². The SMILES string of the molecule is CCC1OCCC1C(=O)Nc1c(C(N)=S)cnn1C. The second-order valence-corrected chi connectivity index (χ2v) is 5.04. The lowest BCUT2D eigenvalue weighted by Gasteiger charge is -2.17. The van der Waals surface area contributed by atoms with Crippen LogP contribution in [-0.4, -0.2) is 33.4 Å². The van der Waals surface area contributed by atoms with Crippen molar-refractivity contribution in [3.05, 3.63) is 11.8 Å². The van der Waals surface area contributed by atoms with Gasteiger partial charge in [-0.1, -0.05) is 19.1 Å². The predicted molar refractivity (Wildman–Crippen MR) is 75.9 cm³/mol. The van der Waals surface area contributed by atoms with E-state index in [4.69, 9.17) is 22.7 Å². The van der Waals surface area contributed by atoms with Crippen LogP contribution in [0.5, 0.6) is 0 Å². The minimum Gasteiger partial charge on any atom is -0.389 e. The average Bonchev–Trinajstić information content (AvgIpc) is 2.96. The third-order valence-electron chi connectivity index (χ3n) is 3.39. The Balaban J connectivity index is 2.15. The van der Waals surface area contributed by atoms with E-state index in [-0.39, 0.29) is 22.9 Å². The first-order valence-electron chi connectivity index (χ1n) is 6.28. The lowest BCUT2D eigenvalue weighted by atomic mass is 9.99. The maximum absolute atomic E-state index is 12.3. The van der Waals surface area contributed by atoms with Gasteiger partial charge in [-0.05, 0) is 12.8 Å². The zero-order valence-corrected chi connectivity index (χ0v) is 11.9. The third kappa shape index (κ3) is 2.76. The summed E-state index contributed by atoms with van der Waals surface area (Å²) in [5, 5.41) is 6.92. The summed E-state index contributed by atoms with van der Waals surface area (Å²) >= 11 is 4.94. The molecule has 1 fully saturated rings. The fraction of sp³-hybridized carbons (Fsp3) is 0.583. The summed E-state index contributed by atoms with van der Waals surface area (Å²) in [6.07, 6.45) is 3.11. The van der Waals surface area contributed by atoms with Crippen molar-refractivity contribution in [3.8, 4) is 0 Å². The lowest BCUT2D eigenvalue weighted by Crippen LogP contribution is -2.30. The van der Waals surface area contributed by atoms with Crippen molar-refractivity contribution in [2.75, 3.05) is 11.9 Å². The second-order valence-electron chi connectivity index (χ2n) is 4.60. The van der Waals surface area contributed by atoms with Crippen molar-refractivity contribution in [1.82, 2.24) is 9.78 Å². The summed E-state index contributed by atoms with van der Waals surface area (Å²) in [6.45, 7) is 2.64. The maximum atomic E-state index is 12.3. The van der Waals surface area contributed by atoms with Crippen molar-refractivity contribution < 1.29 is 9.53 Å². The number of nitrogens with zero attached hydrogens (tertiary/aromatic N) is 2. The summed E-state index contributed by atoms with van der Waals surface area (Å²) in [4.78, 5) is 12.5. The molecule has 0 radical (unpaired) electrons. The van der Waals surface area contributed by atoms with Crippen molar-refractivity contribution in [3.63, 3.8) is 0 Å². The van der Waals surface area contributed by atoms with E-state index in [9.17, 15) is 4.79 Å². The minimum absolute atomic E-state index is 0.0125. The minimum atomic E-state index is -0.126. The maximum Gasteiger partial charge on any atom is 0.231 e. The van der Waals surface area contributed by atoms with Gasteiger partial charge in [0.05, 0.1) is 23.8 Å². The quantitative estimate of drug-likeness (QED) is 0.799. The van der Waals surface area contributed by atoms with E-state index in [0.717, 1.165) is 12.8 Å². The molecule has 2 heterocycles. The highest BCUT2D eigenvalue weighted by Gasteiger charge is 2.33.